The second-order valence-corrected chi connectivity index (χ2v) is 10.5. The van der Waals surface area contributed by atoms with Crippen LogP contribution >= 0.6 is 22.2 Å². The SMILES string of the molecule is N#CCCC[Si](Cl)(Cl)CCCC#N. The summed E-state index contributed by atoms with van der Waals surface area (Å²) in [5, 5.41) is 16.6. The van der Waals surface area contributed by atoms with Crippen LogP contribution in [0, 0.1) is 22.7 Å². The van der Waals surface area contributed by atoms with Gasteiger partial charge in [-0.15, -0.1) is 22.2 Å². The van der Waals surface area contributed by atoms with Gasteiger partial charge in [0.15, 0.2) is 0 Å². The number of halogens is 2. The fraction of sp³-hybridized carbons (Fsp3) is 0.750. The van der Waals surface area contributed by atoms with Gasteiger partial charge in [-0.25, -0.2) is 0 Å². The third-order valence-electron chi connectivity index (χ3n) is 1.66. The maximum Gasteiger partial charge on any atom is 0.251 e. The van der Waals surface area contributed by atoms with Gasteiger partial charge in [-0.05, 0) is 24.9 Å². The molecule has 2 nitrogen and oxygen atoms in total. The van der Waals surface area contributed by atoms with Crippen molar-refractivity contribution in [2.75, 3.05) is 0 Å². The Kier molecular flexibility index (Phi) is 7.08. The van der Waals surface area contributed by atoms with Crippen LogP contribution in [0.1, 0.15) is 25.7 Å². The van der Waals surface area contributed by atoms with Crippen molar-refractivity contribution >= 4 is 28.9 Å². The number of nitrogens with zero attached hydrogens (tertiary/aromatic N) is 2. The first-order chi connectivity index (χ1) is 6.12. The number of nitriles is 2. The van der Waals surface area contributed by atoms with E-state index in [1.807, 2.05) is 0 Å². The molecular formula is C8H12Cl2N2Si. The molecule has 0 radical (unpaired) electrons. The summed E-state index contributed by atoms with van der Waals surface area (Å²) in [5.74, 6) is 0. The van der Waals surface area contributed by atoms with E-state index in [4.69, 9.17) is 32.7 Å². The smallest absolute Gasteiger partial charge is 0.198 e. The minimum atomic E-state index is -2.14. The van der Waals surface area contributed by atoms with Crippen molar-refractivity contribution in [2.45, 2.75) is 37.8 Å². The zero-order chi connectivity index (χ0) is 10.2. The number of rotatable bonds is 6. The summed E-state index contributed by atoms with van der Waals surface area (Å²) in [5.41, 5.74) is 0. The van der Waals surface area contributed by atoms with Gasteiger partial charge < -0.3 is 0 Å². The highest BCUT2D eigenvalue weighted by Gasteiger charge is 2.26. The van der Waals surface area contributed by atoms with Crippen LogP contribution < -0.4 is 0 Å². The Bertz CT molecular complexity index is 195. The molecule has 0 aromatic heterocycles. The first kappa shape index (κ1) is 12.8. The van der Waals surface area contributed by atoms with Gasteiger partial charge in [-0.3, -0.25) is 0 Å². The molecule has 0 N–H and O–H groups in total. The van der Waals surface area contributed by atoms with Crippen LogP contribution in [0.2, 0.25) is 12.1 Å². The van der Waals surface area contributed by atoms with Gasteiger partial charge in [0.1, 0.15) is 0 Å². The normalized spacial score (nSPS) is 10.5. The first-order valence-electron chi connectivity index (χ1n) is 4.24. The fourth-order valence-electron chi connectivity index (χ4n) is 0.977. The van der Waals surface area contributed by atoms with Gasteiger partial charge in [0.05, 0.1) is 12.1 Å². The van der Waals surface area contributed by atoms with E-state index in [0.29, 0.717) is 12.8 Å². The van der Waals surface area contributed by atoms with Gasteiger partial charge in [0.2, 0.25) is 0 Å². The van der Waals surface area contributed by atoms with Crippen molar-refractivity contribution in [1.29, 1.82) is 10.5 Å². The molecule has 13 heavy (non-hydrogen) atoms. The molecule has 0 aromatic carbocycles. The molecule has 0 aliphatic heterocycles. The lowest BCUT2D eigenvalue weighted by atomic mass is 10.4. The predicted molar refractivity (Wildman–Crippen MR) is 56.8 cm³/mol. The lowest BCUT2D eigenvalue weighted by molar-refractivity contribution is 0.916. The number of unbranched alkanes of at least 4 members (excludes halogenated alkanes) is 2. The Morgan fingerprint density at radius 1 is 0.923 bits per heavy atom. The third kappa shape index (κ3) is 8.12. The van der Waals surface area contributed by atoms with Gasteiger partial charge in [0.25, 0.3) is 6.69 Å². The Morgan fingerprint density at radius 2 is 1.31 bits per heavy atom. The molecule has 72 valence electrons. The van der Waals surface area contributed by atoms with Crippen LogP contribution in [0.4, 0.5) is 0 Å². The van der Waals surface area contributed by atoms with Crippen LogP contribution in [0.3, 0.4) is 0 Å². The van der Waals surface area contributed by atoms with Crippen LogP contribution in [0.5, 0.6) is 0 Å². The molecule has 0 bridgehead atoms. The molecule has 5 heteroatoms. The summed E-state index contributed by atoms with van der Waals surface area (Å²) in [6, 6.07) is 5.64. The first-order valence-corrected chi connectivity index (χ1v) is 8.68. The van der Waals surface area contributed by atoms with E-state index in [0.717, 1.165) is 24.9 Å². The maximum absolute atomic E-state index is 8.31. The molecule has 0 saturated heterocycles. The van der Waals surface area contributed by atoms with E-state index in [9.17, 15) is 0 Å². The van der Waals surface area contributed by atoms with Crippen molar-refractivity contribution in [1.82, 2.24) is 0 Å². The van der Waals surface area contributed by atoms with Crippen LogP contribution in [-0.4, -0.2) is 6.69 Å². The number of hydrogen-bond donors (Lipinski definition) is 0. The predicted octanol–water partition coefficient (Wildman–Crippen LogP) is 3.51. The van der Waals surface area contributed by atoms with E-state index >= 15 is 0 Å². The third-order valence-corrected chi connectivity index (χ3v) is 6.10. The van der Waals surface area contributed by atoms with E-state index in [2.05, 4.69) is 12.1 Å². The summed E-state index contributed by atoms with van der Waals surface area (Å²) in [6.45, 7) is -2.14. The molecular weight excluding hydrogens is 223 g/mol. The highest BCUT2D eigenvalue weighted by Crippen LogP contribution is 2.29. The van der Waals surface area contributed by atoms with Crippen molar-refractivity contribution in [2.24, 2.45) is 0 Å². The van der Waals surface area contributed by atoms with E-state index in [1.165, 1.54) is 0 Å². The van der Waals surface area contributed by atoms with E-state index in [-0.39, 0.29) is 0 Å². The second kappa shape index (κ2) is 7.21. The molecule has 0 amide bonds. The molecule has 0 saturated carbocycles. The largest absolute Gasteiger partial charge is 0.251 e. The monoisotopic (exact) mass is 234 g/mol. The van der Waals surface area contributed by atoms with Gasteiger partial charge in [-0.2, -0.15) is 10.5 Å². The standard InChI is InChI=1S/C8H12Cl2N2Si/c9-13(10,7-3-1-5-11)8-4-2-6-12/h1-4,7-8H2. The number of hydrogen-bond acceptors (Lipinski definition) is 2. The summed E-state index contributed by atoms with van der Waals surface area (Å²) in [6.07, 6.45) is 2.60. The van der Waals surface area contributed by atoms with Gasteiger partial charge >= 0.3 is 0 Å². The Hall–Kier alpha value is -0.223. The molecule has 0 atom stereocenters. The lowest BCUT2D eigenvalue weighted by Gasteiger charge is -2.14. The fourth-order valence-corrected chi connectivity index (χ4v) is 4.22. The molecule has 0 spiro atoms. The summed E-state index contributed by atoms with van der Waals surface area (Å²) >= 11 is 12.2. The zero-order valence-electron chi connectivity index (χ0n) is 7.39. The summed E-state index contributed by atoms with van der Waals surface area (Å²) in [7, 11) is 0. The Labute approximate surface area is 89.5 Å². The molecule has 0 fully saturated rings. The minimum Gasteiger partial charge on any atom is -0.198 e. The molecule has 0 aliphatic carbocycles. The Balaban J connectivity index is 3.56. The highest BCUT2D eigenvalue weighted by atomic mass is 35.7. The van der Waals surface area contributed by atoms with Crippen molar-refractivity contribution in [3.05, 3.63) is 0 Å². The topological polar surface area (TPSA) is 47.6 Å². The van der Waals surface area contributed by atoms with Gasteiger partial charge in [-0.1, -0.05) is 0 Å². The molecule has 0 rings (SSSR count). The second-order valence-electron chi connectivity index (χ2n) is 2.88. The molecule has 0 aromatic rings. The average Bonchev–Trinajstić information content (AvgIpc) is 2.05. The average molecular weight is 235 g/mol. The zero-order valence-corrected chi connectivity index (χ0v) is 9.90. The van der Waals surface area contributed by atoms with Gasteiger partial charge in [0, 0.05) is 12.8 Å². The quantitative estimate of drug-likeness (QED) is 0.401. The van der Waals surface area contributed by atoms with E-state index in [1.54, 1.807) is 0 Å². The van der Waals surface area contributed by atoms with Crippen LogP contribution in [-0.2, 0) is 0 Å². The van der Waals surface area contributed by atoms with Crippen molar-refractivity contribution in [3.63, 3.8) is 0 Å². The highest BCUT2D eigenvalue weighted by molar-refractivity contribution is 7.45. The lowest BCUT2D eigenvalue weighted by Crippen LogP contribution is -2.17. The summed E-state index contributed by atoms with van der Waals surface area (Å²) < 4.78 is 0. The van der Waals surface area contributed by atoms with E-state index < -0.39 is 6.69 Å². The minimum absolute atomic E-state index is 0.520. The van der Waals surface area contributed by atoms with Crippen LogP contribution in [0.25, 0.3) is 0 Å². The summed E-state index contributed by atoms with van der Waals surface area (Å²) in [4.78, 5) is 0. The van der Waals surface area contributed by atoms with Crippen LogP contribution in [0.15, 0.2) is 0 Å². The molecule has 0 heterocycles. The Morgan fingerprint density at radius 3 is 1.62 bits per heavy atom. The van der Waals surface area contributed by atoms with Crippen molar-refractivity contribution < 1.29 is 0 Å². The van der Waals surface area contributed by atoms with Crippen molar-refractivity contribution in [3.8, 4) is 12.1 Å². The molecule has 0 aliphatic rings. The molecule has 0 unspecified atom stereocenters. The maximum atomic E-state index is 8.31.